The van der Waals surface area contributed by atoms with E-state index in [0.29, 0.717) is 19.3 Å². The normalized spacial score (nSPS) is 20.5. The summed E-state index contributed by atoms with van der Waals surface area (Å²) in [7, 11) is -11.0. The molecule has 1 saturated heterocycles. The Labute approximate surface area is 393 Å². The average Bonchev–Trinajstić information content (AvgIpc) is 3.24. The van der Waals surface area contributed by atoms with Crippen LogP contribution in [0.2, 0.25) is 0 Å². The molecule has 17 heteroatoms. The third-order valence-electron chi connectivity index (χ3n) is 12.1. The molecule has 1 rings (SSSR count). The van der Waals surface area contributed by atoms with Gasteiger partial charge in [-0.1, -0.05) is 213 Å². The van der Waals surface area contributed by atoms with Crippen LogP contribution in [0.3, 0.4) is 0 Å². The number of rotatable bonds is 44. The zero-order valence-corrected chi connectivity index (χ0v) is 42.5. The molecule has 1 aliphatic heterocycles. The summed E-state index contributed by atoms with van der Waals surface area (Å²) in [4.78, 5) is 83.6. The van der Waals surface area contributed by atoms with Gasteiger partial charge in [-0.05, 0) is 19.3 Å². The van der Waals surface area contributed by atoms with Crippen molar-refractivity contribution in [3.05, 3.63) is 0 Å². The second-order valence-corrected chi connectivity index (χ2v) is 20.6. The summed E-state index contributed by atoms with van der Waals surface area (Å²) in [6, 6.07) is -1.63. The van der Waals surface area contributed by atoms with Gasteiger partial charge >= 0.3 is 11.9 Å². The van der Waals surface area contributed by atoms with Gasteiger partial charge in [0.25, 0.3) is 15.6 Å². The summed E-state index contributed by atoms with van der Waals surface area (Å²) in [5.41, 5.74) is 0. The molecule has 1 heterocycles. The fraction of sp³-hybridized carbons (Fsp3) is 0.938. The lowest BCUT2D eigenvalue weighted by Crippen LogP contribution is -2.66. The van der Waals surface area contributed by atoms with Crippen molar-refractivity contribution < 1.29 is 66.3 Å². The van der Waals surface area contributed by atoms with Crippen molar-refractivity contribution in [2.45, 2.75) is 283 Å². The third-order valence-corrected chi connectivity index (χ3v) is 13.1. The van der Waals surface area contributed by atoms with Crippen LogP contribution in [-0.2, 0) is 46.8 Å². The Balaban J connectivity index is 3.12. The number of amides is 1. The van der Waals surface area contributed by atoms with Crippen LogP contribution in [-0.4, -0.2) is 64.9 Å². The Morgan fingerprint density at radius 3 is 1.15 bits per heavy atom. The number of hydrogen-bond donors (Lipinski definition) is 3. The molecular formula is C48H91NO14P2-2. The van der Waals surface area contributed by atoms with E-state index < -0.39 is 70.7 Å². The third kappa shape index (κ3) is 35.4. The first-order chi connectivity index (χ1) is 31.2. The first-order valence-corrected chi connectivity index (χ1v) is 28.9. The Morgan fingerprint density at radius 2 is 0.815 bits per heavy atom. The number of phosphoric ester groups is 2. The summed E-state index contributed by atoms with van der Waals surface area (Å²) >= 11 is 0. The molecule has 4 unspecified atom stereocenters. The summed E-state index contributed by atoms with van der Waals surface area (Å²) in [6.45, 7) is 5.58. The highest BCUT2D eigenvalue weighted by Gasteiger charge is 2.52. The smallest absolute Gasteiger partial charge is 0.306 e. The Hall–Kier alpha value is -1.41. The van der Waals surface area contributed by atoms with Crippen LogP contribution in [0.15, 0.2) is 0 Å². The first kappa shape index (κ1) is 61.6. The molecule has 1 amide bonds. The van der Waals surface area contributed by atoms with Crippen molar-refractivity contribution >= 4 is 33.5 Å². The van der Waals surface area contributed by atoms with E-state index in [1.165, 1.54) is 109 Å². The van der Waals surface area contributed by atoms with E-state index in [0.717, 1.165) is 83.5 Å². The van der Waals surface area contributed by atoms with Gasteiger partial charge in [-0.2, -0.15) is 0 Å². The van der Waals surface area contributed by atoms with Gasteiger partial charge in [-0.3, -0.25) is 28.0 Å². The number of ether oxygens (including phenoxy) is 3. The number of hydrogen-bond acceptors (Lipinski definition) is 12. The van der Waals surface area contributed by atoms with Crippen molar-refractivity contribution in [1.29, 1.82) is 0 Å². The number of nitrogens with one attached hydrogen (secondary N) is 1. The highest BCUT2D eigenvalue weighted by atomic mass is 31.2. The molecule has 0 bridgehead atoms. The van der Waals surface area contributed by atoms with Gasteiger partial charge in [0, 0.05) is 19.3 Å². The molecule has 7 atom stereocenters. The highest BCUT2D eigenvalue weighted by Crippen LogP contribution is 2.40. The molecule has 384 valence electrons. The van der Waals surface area contributed by atoms with Crippen molar-refractivity contribution in [3.8, 4) is 0 Å². The predicted molar refractivity (Wildman–Crippen MR) is 250 cm³/mol. The van der Waals surface area contributed by atoms with Gasteiger partial charge in [-0.15, -0.1) is 0 Å². The molecule has 65 heavy (non-hydrogen) atoms. The van der Waals surface area contributed by atoms with Gasteiger partial charge in [0.15, 0.2) is 18.5 Å². The summed E-state index contributed by atoms with van der Waals surface area (Å²) in [5.74, 6) is -2.04. The molecule has 0 aromatic heterocycles. The van der Waals surface area contributed by atoms with E-state index in [4.69, 9.17) is 18.7 Å². The quantitative estimate of drug-likeness (QED) is 0.0293. The van der Waals surface area contributed by atoms with E-state index in [1.807, 2.05) is 0 Å². The largest absolute Gasteiger partial charge is 0.756 e. The number of phosphoric acid groups is 2. The fourth-order valence-corrected chi connectivity index (χ4v) is 9.14. The zero-order valence-electron chi connectivity index (χ0n) is 40.7. The molecule has 1 fully saturated rings. The van der Waals surface area contributed by atoms with Gasteiger partial charge in [-0.25, -0.2) is 0 Å². The molecule has 0 aromatic rings. The van der Waals surface area contributed by atoms with Crippen LogP contribution < -0.4 is 15.1 Å². The van der Waals surface area contributed by atoms with E-state index in [2.05, 4.69) is 30.6 Å². The maximum absolute atomic E-state index is 13.5. The summed E-state index contributed by atoms with van der Waals surface area (Å²) in [6.07, 6.45) is 27.8. The number of carbonyl (C=O) groups excluding carboxylic acids is 3. The van der Waals surface area contributed by atoms with Gasteiger partial charge in [0.1, 0.15) is 12.1 Å². The molecule has 1 aliphatic rings. The maximum Gasteiger partial charge on any atom is 0.306 e. The van der Waals surface area contributed by atoms with Gasteiger partial charge in [0.05, 0.1) is 6.61 Å². The first-order valence-electron chi connectivity index (χ1n) is 25.9. The van der Waals surface area contributed by atoms with Gasteiger partial charge in [0.2, 0.25) is 5.91 Å². The van der Waals surface area contributed by atoms with Crippen LogP contribution in [0.1, 0.15) is 252 Å². The van der Waals surface area contributed by atoms with Crippen molar-refractivity contribution in [2.75, 3.05) is 6.61 Å². The summed E-state index contributed by atoms with van der Waals surface area (Å²) < 4.78 is 50.9. The highest BCUT2D eigenvalue weighted by molar-refractivity contribution is 7.45. The minimum absolute atomic E-state index is 0.0214. The number of unbranched alkanes of at least 4 members (excludes halogenated alkanes) is 30. The van der Waals surface area contributed by atoms with Gasteiger partial charge < -0.3 is 43.6 Å². The molecule has 15 nitrogen and oxygen atoms in total. The minimum atomic E-state index is -5.61. The average molecular weight is 968 g/mol. The van der Waals surface area contributed by atoms with E-state index in [9.17, 15) is 43.1 Å². The van der Waals surface area contributed by atoms with Crippen LogP contribution in [0, 0.1) is 0 Å². The number of esters is 2. The Kier molecular flexibility index (Phi) is 37.4. The van der Waals surface area contributed by atoms with E-state index in [-0.39, 0.29) is 19.3 Å². The van der Waals surface area contributed by atoms with E-state index >= 15 is 0 Å². The standard InChI is InChI=1S/C48H93NO14P2/c1-4-7-10-13-16-19-22-25-28-31-34-37-42(50)49-45-47(62-44(52)39-36-33-30-27-24-21-18-15-12-9-6-3)46(41(40-59-64(53,54)55)60-48(45)63-65(56,57)58)61-43(51)38-35-32-29-26-23-20-17-14-11-8-5-2/h41,45-48H,4-40H2,1-3H3,(H,49,50)(H2,53,54,55)(H2,56,57,58)/p-2/t41?,45?,46-,47-,48-/m1/s1. The molecule has 0 radical (unpaired) electrons. The lowest BCUT2D eigenvalue weighted by molar-refractivity contribution is -0.287. The topological polar surface area (TPSA) is 230 Å². The van der Waals surface area contributed by atoms with Crippen molar-refractivity contribution in [3.63, 3.8) is 0 Å². The Bertz CT molecular complexity index is 1300. The second kappa shape index (κ2) is 39.4. The van der Waals surface area contributed by atoms with Crippen LogP contribution in [0.5, 0.6) is 0 Å². The van der Waals surface area contributed by atoms with Crippen molar-refractivity contribution in [1.82, 2.24) is 5.32 Å². The van der Waals surface area contributed by atoms with Crippen LogP contribution >= 0.6 is 15.6 Å². The maximum atomic E-state index is 13.5. The summed E-state index contributed by atoms with van der Waals surface area (Å²) in [5, 5.41) is 2.65. The van der Waals surface area contributed by atoms with Crippen LogP contribution in [0.25, 0.3) is 0 Å². The lowest BCUT2D eigenvalue weighted by Gasteiger charge is -2.46. The number of carbonyl (C=O) groups is 3. The predicted octanol–water partition coefficient (Wildman–Crippen LogP) is 11.1. The molecule has 0 aliphatic carbocycles. The zero-order chi connectivity index (χ0) is 48.0. The molecule has 0 spiro atoms. The SMILES string of the molecule is CCCCCCCCCCCCCC(=O)NC1[C@@H](OP(=O)([O-])O)OC(COP(=O)([O-])O)[C@@H](OC(=O)CCCCCCCCCCCCC)[C@@H]1OC(=O)CCCCCCCCCCCCC. The molecule has 0 aromatic carbocycles. The van der Waals surface area contributed by atoms with Crippen LogP contribution in [0.4, 0.5) is 0 Å². The van der Waals surface area contributed by atoms with Crippen molar-refractivity contribution in [2.24, 2.45) is 0 Å². The lowest BCUT2D eigenvalue weighted by atomic mass is 9.95. The second-order valence-electron chi connectivity index (χ2n) is 18.2. The van der Waals surface area contributed by atoms with E-state index in [1.54, 1.807) is 0 Å². The monoisotopic (exact) mass is 968 g/mol. The Morgan fingerprint density at radius 1 is 0.492 bits per heavy atom. The molecule has 0 saturated carbocycles. The minimum Gasteiger partial charge on any atom is -0.756 e. The molecular weight excluding hydrogens is 876 g/mol. The fourth-order valence-electron chi connectivity index (χ4n) is 8.36. The molecule has 3 N–H and O–H groups in total.